The minimum atomic E-state index is -1.04. The van der Waals surface area contributed by atoms with Crippen molar-refractivity contribution in [3.05, 3.63) is 62.6 Å². The number of pyridine rings is 1. The van der Waals surface area contributed by atoms with Crippen molar-refractivity contribution in [1.82, 2.24) is 14.8 Å². The first-order valence-corrected chi connectivity index (χ1v) is 11.4. The molecule has 0 aliphatic carbocycles. The molecule has 2 fully saturated rings. The topological polar surface area (TPSA) is 110 Å². The van der Waals surface area contributed by atoms with Crippen LogP contribution in [-0.2, 0) is 16.0 Å². The molecule has 1 spiro atoms. The quantitative estimate of drug-likeness (QED) is 0.683. The summed E-state index contributed by atoms with van der Waals surface area (Å²) in [5, 5.41) is 13.1. The predicted octanol–water partition coefficient (Wildman–Crippen LogP) is 1.99. The zero-order valence-corrected chi connectivity index (χ0v) is 19.3. The van der Waals surface area contributed by atoms with Crippen molar-refractivity contribution >= 4 is 11.8 Å². The van der Waals surface area contributed by atoms with E-state index in [1.165, 1.54) is 17.7 Å². The Morgan fingerprint density at radius 1 is 1.29 bits per heavy atom. The molecule has 2 saturated heterocycles. The van der Waals surface area contributed by atoms with E-state index in [0.717, 1.165) is 12.1 Å². The van der Waals surface area contributed by atoms with E-state index in [9.17, 15) is 28.3 Å². The van der Waals surface area contributed by atoms with Crippen molar-refractivity contribution in [2.24, 2.45) is 0 Å². The van der Waals surface area contributed by atoms with E-state index < -0.39 is 58.4 Å². The van der Waals surface area contributed by atoms with Crippen molar-refractivity contribution in [3.8, 4) is 5.75 Å². The summed E-state index contributed by atoms with van der Waals surface area (Å²) in [6.07, 6.45) is 2.42. The number of benzene rings is 1. The summed E-state index contributed by atoms with van der Waals surface area (Å²) in [7, 11) is 0. The van der Waals surface area contributed by atoms with Gasteiger partial charge in [-0.3, -0.25) is 14.4 Å². The van der Waals surface area contributed by atoms with Crippen molar-refractivity contribution in [2.75, 3.05) is 19.9 Å². The lowest BCUT2D eigenvalue weighted by Gasteiger charge is -2.42. The number of nitrogens with one attached hydrogen (secondary N) is 1. The number of halogens is 2. The van der Waals surface area contributed by atoms with Gasteiger partial charge in [-0.1, -0.05) is 0 Å². The molecule has 4 heterocycles. The number of aromatic nitrogens is 1. The van der Waals surface area contributed by atoms with E-state index in [1.54, 1.807) is 4.90 Å². The largest absolute Gasteiger partial charge is 0.503 e. The van der Waals surface area contributed by atoms with Crippen LogP contribution in [0.4, 0.5) is 8.78 Å². The first-order chi connectivity index (χ1) is 16.6. The zero-order valence-electron chi connectivity index (χ0n) is 19.3. The first kappa shape index (κ1) is 23.4. The Labute approximate surface area is 199 Å². The Morgan fingerprint density at radius 2 is 2.00 bits per heavy atom. The van der Waals surface area contributed by atoms with Gasteiger partial charge in [-0.15, -0.1) is 0 Å². The average Bonchev–Trinajstić information content (AvgIpc) is 3.24. The third kappa shape index (κ3) is 3.69. The normalized spacial score (nSPS) is 25.5. The molecule has 9 nitrogen and oxygen atoms in total. The lowest BCUT2D eigenvalue weighted by Crippen LogP contribution is -2.53. The number of amides is 2. The first-order valence-electron chi connectivity index (χ1n) is 11.4. The highest BCUT2D eigenvalue weighted by Crippen LogP contribution is 2.44. The van der Waals surface area contributed by atoms with E-state index in [1.807, 2.05) is 6.92 Å². The lowest BCUT2D eigenvalue weighted by atomic mass is 9.89. The number of carbonyl (C=O) groups is 2. The second-order valence-electron chi connectivity index (χ2n) is 9.40. The standard InChI is InChI=1S/C24H25F2N3O6/c1-12-5-16(25)14(17(26)6-12)7-27-22(32)15-8-29-18-9-28(23(33)19(29)21(31)20(15)30)13(2)3-4-24(18)10-34-11-35-24/h5-6,8,13,18,31H,3-4,7,9-11H2,1-2H3,(H,27,32)/t13-,18+,24-/m0/s1. The number of aromatic hydroxyl groups is 1. The van der Waals surface area contributed by atoms with Crippen LogP contribution in [-0.4, -0.2) is 58.0 Å². The molecule has 3 aliphatic heterocycles. The number of hydrogen-bond donors (Lipinski definition) is 2. The van der Waals surface area contributed by atoms with Gasteiger partial charge >= 0.3 is 0 Å². The second kappa shape index (κ2) is 8.42. The average molecular weight is 489 g/mol. The number of nitrogens with zero attached hydrogens (tertiary/aromatic N) is 2. The Hall–Kier alpha value is -3.31. The molecular weight excluding hydrogens is 464 g/mol. The maximum atomic E-state index is 14.2. The molecule has 35 heavy (non-hydrogen) atoms. The Kier molecular flexibility index (Phi) is 5.64. The number of aryl methyl sites for hydroxylation is 1. The molecule has 1 aromatic heterocycles. The van der Waals surface area contributed by atoms with Crippen LogP contribution in [0.15, 0.2) is 23.1 Å². The van der Waals surface area contributed by atoms with Gasteiger partial charge < -0.3 is 29.4 Å². The van der Waals surface area contributed by atoms with Gasteiger partial charge in [0.2, 0.25) is 5.43 Å². The fraction of sp³-hybridized carbons (Fsp3) is 0.458. The van der Waals surface area contributed by atoms with Crippen LogP contribution >= 0.6 is 0 Å². The van der Waals surface area contributed by atoms with Gasteiger partial charge in [0.05, 0.1) is 12.6 Å². The summed E-state index contributed by atoms with van der Waals surface area (Å²) in [5.74, 6) is -3.96. The molecule has 2 amide bonds. The summed E-state index contributed by atoms with van der Waals surface area (Å²) >= 11 is 0. The lowest BCUT2D eigenvalue weighted by molar-refractivity contribution is -0.0477. The van der Waals surface area contributed by atoms with E-state index in [2.05, 4.69) is 5.32 Å². The summed E-state index contributed by atoms with van der Waals surface area (Å²) in [4.78, 5) is 40.6. The maximum Gasteiger partial charge on any atom is 0.274 e. The molecule has 3 atom stereocenters. The van der Waals surface area contributed by atoms with Gasteiger partial charge in [0.1, 0.15) is 29.6 Å². The van der Waals surface area contributed by atoms with E-state index in [4.69, 9.17) is 9.47 Å². The zero-order chi connectivity index (χ0) is 25.1. The monoisotopic (exact) mass is 489 g/mol. The van der Waals surface area contributed by atoms with Crippen LogP contribution in [0.2, 0.25) is 0 Å². The van der Waals surface area contributed by atoms with Crippen molar-refractivity contribution in [1.29, 1.82) is 0 Å². The molecular formula is C24H25F2N3O6. The predicted molar refractivity (Wildman–Crippen MR) is 118 cm³/mol. The number of rotatable bonds is 3. The third-order valence-corrected chi connectivity index (χ3v) is 7.24. The van der Waals surface area contributed by atoms with Crippen molar-refractivity contribution in [2.45, 2.75) is 50.9 Å². The molecule has 2 N–H and O–H groups in total. The van der Waals surface area contributed by atoms with Crippen LogP contribution in [0.5, 0.6) is 5.75 Å². The summed E-state index contributed by atoms with van der Waals surface area (Å²) in [6, 6.07) is 1.60. The van der Waals surface area contributed by atoms with Gasteiger partial charge in [0, 0.05) is 30.9 Å². The summed E-state index contributed by atoms with van der Waals surface area (Å²) in [6.45, 7) is 3.49. The van der Waals surface area contributed by atoms with Crippen LogP contribution in [0.3, 0.4) is 0 Å². The van der Waals surface area contributed by atoms with Gasteiger partial charge in [-0.25, -0.2) is 8.78 Å². The van der Waals surface area contributed by atoms with E-state index in [0.29, 0.717) is 18.4 Å². The van der Waals surface area contributed by atoms with Crippen molar-refractivity contribution in [3.63, 3.8) is 0 Å². The van der Waals surface area contributed by atoms with Crippen molar-refractivity contribution < 1.29 is 33.0 Å². The van der Waals surface area contributed by atoms with Crippen LogP contribution in [0.1, 0.15) is 57.8 Å². The molecule has 0 radical (unpaired) electrons. The molecule has 1 aromatic carbocycles. The molecule has 186 valence electrons. The number of carbonyl (C=O) groups excluding carboxylic acids is 2. The van der Waals surface area contributed by atoms with Gasteiger partial charge in [-0.05, 0) is 44.4 Å². The molecule has 2 aromatic rings. The molecule has 2 bridgehead atoms. The third-order valence-electron chi connectivity index (χ3n) is 7.24. The van der Waals surface area contributed by atoms with Gasteiger partial charge in [0.25, 0.3) is 11.8 Å². The van der Waals surface area contributed by atoms with Crippen LogP contribution in [0.25, 0.3) is 0 Å². The SMILES string of the molecule is Cc1cc(F)c(CNC(=O)c2cn3c(c(O)c2=O)C(=O)N2C[C@@H]3[C@]3(CC[C@@H]2C)COCO3)c(F)c1. The fourth-order valence-electron chi connectivity index (χ4n) is 5.22. The smallest absolute Gasteiger partial charge is 0.274 e. The highest BCUT2D eigenvalue weighted by atomic mass is 19.1. The van der Waals surface area contributed by atoms with E-state index >= 15 is 0 Å². The summed E-state index contributed by atoms with van der Waals surface area (Å²) < 4.78 is 41.3. The van der Waals surface area contributed by atoms with Crippen LogP contribution in [0, 0.1) is 18.6 Å². The Bertz CT molecular complexity index is 1260. The highest BCUT2D eigenvalue weighted by Gasteiger charge is 2.52. The van der Waals surface area contributed by atoms with Gasteiger partial charge in [-0.2, -0.15) is 0 Å². The second-order valence-corrected chi connectivity index (χ2v) is 9.40. The number of fused-ring (bicyclic) bond motifs is 5. The molecule has 11 heteroatoms. The highest BCUT2D eigenvalue weighted by molar-refractivity contribution is 5.99. The molecule has 3 aliphatic rings. The molecule has 5 rings (SSSR count). The Balaban J connectivity index is 1.54. The number of ether oxygens (including phenoxy) is 2. The van der Waals surface area contributed by atoms with Crippen LogP contribution < -0.4 is 10.7 Å². The Morgan fingerprint density at radius 3 is 2.66 bits per heavy atom. The maximum absolute atomic E-state index is 14.2. The molecule has 0 unspecified atom stereocenters. The number of hydrogen-bond acceptors (Lipinski definition) is 6. The molecule has 0 saturated carbocycles. The fourth-order valence-corrected chi connectivity index (χ4v) is 5.22. The summed E-state index contributed by atoms with van der Waals surface area (Å²) in [5.41, 5.74) is -2.49. The van der Waals surface area contributed by atoms with E-state index in [-0.39, 0.29) is 37.2 Å². The minimum absolute atomic E-state index is 0.0708. The van der Waals surface area contributed by atoms with Gasteiger partial charge in [0.15, 0.2) is 11.4 Å². The minimum Gasteiger partial charge on any atom is -0.503 e.